The number of benzene rings is 2. The smallest absolute Gasteiger partial charge is 0.305 e. The molecule has 0 amide bonds. The maximum absolute atomic E-state index is 13.8. The molecule has 0 aromatic heterocycles. The Morgan fingerprint density at radius 1 is 1.21 bits per heavy atom. The Kier molecular flexibility index (Phi) is 4.11. The molecule has 0 unspecified atom stereocenters. The third kappa shape index (κ3) is 3.08. The Morgan fingerprint density at radius 2 is 1.95 bits per heavy atom. The highest BCUT2D eigenvalue weighted by molar-refractivity contribution is 9.10. The van der Waals surface area contributed by atoms with Crippen molar-refractivity contribution >= 4 is 27.3 Å². The molecule has 0 heterocycles. The summed E-state index contributed by atoms with van der Waals surface area (Å²) in [4.78, 5) is 9.92. The minimum atomic E-state index is -0.799. The number of rotatable bonds is 4. The molecular weight excluding hydrogens is 315 g/mol. The number of nitrogens with one attached hydrogen (secondary N) is 1. The second kappa shape index (κ2) is 5.79. The molecule has 0 aliphatic carbocycles. The molecule has 0 saturated heterocycles. The van der Waals surface area contributed by atoms with Gasteiger partial charge in [0.1, 0.15) is 0 Å². The molecular formula is C13H10BrFN2O2. The van der Waals surface area contributed by atoms with Crippen LogP contribution < -0.4 is 5.32 Å². The lowest BCUT2D eigenvalue weighted by molar-refractivity contribution is -0.387. The van der Waals surface area contributed by atoms with Gasteiger partial charge in [-0.1, -0.05) is 24.3 Å². The van der Waals surface area contributed by atoms with Crippen LogP contribution in [0.15, 0.2) is 46.9 Å². The number of nitro benzene ring substituents is 1. The Hall–Kier alpha value is -1.95. The van der Waals surface area contributed by atoms with Crippen molar-refractivity contribution in [3.8, 4) is 0 Å². The van der Waals surface area contributed by atoms with E-state index in [1.165, 1.54) is 12.1 Å². The summed E-state index contributed by atoms with van der Waals surface area (Å²) in [5.41, 5.74) is 0.546. The van der Waals surface area contributed by atoms with E-state index in [4.69, 9.17) is 0 Å². The van der Waals surface area contributed by atoms with Crippen molar-refractivity contribution in [2.24, 2.45) is 0 Å². The number of para-hydroxylation sites is 1. The summed E-state index contributed by atoms with van der Waals surface area (Å²) in [5.74, 6) is -0.799. The molecule has 2 rings (SSSR count). The third-order valence-corrected chi connectivity index (χ3v) is 3.29. The number of hydrogen-bond acceptors (Lipinski definition) is 3. The van der Waals surface area contributed by atoms with Gasteiger partial charge in [-0.15, -0.1) is 0 Å². The van der Waals surface area contributed by atoms with E-state index in [2.05, 4.69) is 21.2 Å². The first-order chi connectivity index (χ1) is 9.09. The highest BCUT2D eigenvalue weighted by Gasteiger charge is 2.16. The van der Waals surface area contributed by atoms with Gasteiger partial charge in [0.25, 0.3) is 0 Å². The van der Waals surface area contributed by atoms with Gasteiger partial charge < -0.3 is 5.32 Å². The quantitative estimate of drug-likeness (QED) is 0.680. The van der Waals surface area contributed by atoms with Gasteiger partial charge in [0.15, 0.2) is 0 Å². The van der Waals surface area contributed by atoms with E-state index < -0.39 is 16.4 Å². The average Bonchev–Trinajstić information content (AvgIpc) is 2.39. The third-order valence-electron chi connectivity index (χ3n) is 2.60. The van der Waals surface area contributed by atoms with Crippen LogP contribution in [0.1, 0.15) is 5.56 Å². The molecule has 0 atom stereocenters. The Bertz CT molecular complexity index is 619. The average molecular weight is 325 g/mol. The zero-order chi connectivity index (χ0) is 13.8. The molecule has 0 aliphatic rings. The fourth-order valence-corrected chi connectivity index (χ4v) is 2.06. The van der Waals surface area contributed by atoms with E-state index in [9.17, 15) is 14.5 Å². The molecule has 0 aliphatic heterocycles. The zero-order valence-corrected chi connectivity index (χ0v) is 11.4. The molecule has 98 valence electrons. The molecule has 6 heteroatoms. The molecule has 0 radical (unpaired) electrons. The molecule has 2 aromatic rings. The fraction of sp³-hybridized carbons (Fsp3) is 0.0769. The highest BCUT2D eigenvalue weighted by atomic mass is 79.9. The van der Waals surface area contributed by atoms with Gasteiger partial charge in [0.05, 0.1) is 4.92 Å². The Labute approximate surface area is 117 Å². The lowest BCUT2D eigenvalue weighted by Crippen LogP contribution is -2.04. The first-order valence-electron chi connectivity index (χ1n) is 5.50. The predicted octanol–water partition coefficient (Wildman–Crippen LogP) is 4.11. The summed E-state index contributed by atoms with van der Waals surface area (Å²) < 4.78 is 14.7. The summed E-state index contributed by atoms with van der Waals surface area (Å²) in [6, 6.07) is 11.5. The normalized spacial score (nSPS) is 10.2. The largest absolute Gasteiger partial charge is 0.380 e. The molecule has 1 N–H and O–H groups in total. The number of nitrogens with zero attached hydrogens (tertiary/aromatic N) is 1. The SMILES string of the molecule is O=[N+]([O-])c1cccc(CNc2ccccc2Br)c1F. The standard InChI is InChI=1S/C13H10BrFN2O2/c14-10-5-1-2-6-11(10)16-8-9-4-3-7-12(13(9)15)17(18)19/h1-7,16H,8H2. The van der Waals surface area contributed by atoms with Gasteiger partial charge in [-0.3, -0.25) is 10.1 Å². The number of nitro groups is 1. The second-order valence-corrected chi connectivity index (χ2v) is 4.70. The van der Waals surface area contributed by atoms with Gasteiger partial charge in [-0.05, 0) is 28.1 Å². The van der Waals surface area contributed by atoms with Crippen LogP contribution in [0.2, 0.25) is 0 Å². The van der Waals surface area contributed by atoms with Crippen LogP contribution in [0, 0.1) is 15.9 Å². The van der Waals surface area contributed by atoms with Gasteiger partial charge in [0, 0.05) is 28.3 Å². The van der Waals surface area contributed by atoms with Crippen molar-refractivity contribution in [2.45, 2.75) is 6.54 Å². The number of halogens is 2. The van der Waals surface area contributed by atoms with Crippen LogP contribution in [0.5, 0.6) is 0 Å². The molecule has 0 spiro atoms. The van der Waals surface area contributed by atoms with Crippen molar-refractivity contribution in [1.29, 1.82) is 0 Å². The van der Waals surface area contributed by atoms with Crippen molar-refractivity contribution in [2.75, 3.05) is 5.32 Å². The van der Waals surface area contributed by atoms with E-state index in [0.717, 1.165) is 16.2 Å². The van der Waals surface area contributed by atoms with Gasteiger partial charge in [-0.25, -0.2) is 0 Å². The summed E-state index contributed by atoms with van der Waals surface area (Å²) in [7, 11) is 0. The molecule has 0 bridgehead atoms. The lowest BCUT2D eigenvalue weighted by Gasteiger charge is -2.09. The first-order valence-corrected chi connectivity index (χ1v) is 6.29. The number of anilines is 1. The maximum Gasteiger partial charge on any atom is 0.305 e. The van der Waals surface area contributed by atoms with Crippen molar-refractivity contribution in [3.05, 3.63) is 68.4 Å². The second-order valence-electron chi connectivity index (χ2n) is 3.84. The summed E-state index contributed by atoms with van der Waals surface area (Å²) in [6.07, 6.45) is 0. The van der Waals surface area contributed by atoms with Crippen molar-refractivity contribution < 1.29 is 9.31 Å². The maximum atomic E-state index is 13.8. The van der Waals surface area contributed by atoms with Gasteiger partial charge in [-0.2, -0.15) is 4.39 Å². The van der Waals surface area contributed by atoms with Crippen LogP contribution in [-0.4, -0.2) is 4.92 Å². The van der Waals surface area contributed by atoms with E-state index in [-0.39, 0.29) is 12.1 Å². The Balaban J connectivity index is 2.19. The monoisotopic (exact) mass is 324 g/mol. The van der Waals surface area contributed by atoms with E-state index in [0.29, 0.717) is 0 Å². The summed E-state index contributed by atoms with van der Waals surface area (Å²) in [6.45, 7) is 0.177. The molecule has 19 heavy (non-hydrogen) atoms. The van der Waals surface area contributed by atoms with Gasteiger partial charge in [0.2, 0.25) is 5.82 Å². The first kappa shape index (κ1) is 13.5. The van der Waals surface area contributed by atoms with E-state index in [1.54, 1.807) is 0 Å². The molecule has 0 saturated carbocycles. The van der Waals surface area contributed by atoms with Crippen LogP contribution in [0.3, 0.4) is 0 Å². The van der Waals surface area contributed by atoms with E-state index in [1.807, 2.05) is 24.3 Å². The van der Waals surface area contributed by atoms with Gasteiger partial charge >= 0.3 is 5.69 Å². The van der Waals surface area contributed by atoms with Crippen LogP contribution in [0.4, 0.5) is 15.8 Å². The lowest BCUT2D eigenvalue weighted by atomic mass is 10.2. The summed E-state index contributed by atoms with van der Waals surface area (Å²) in [5, 5.41) is 13.7. The fourth-order valence-electron chi connectivity index (χ4n) is 1.64. The molecule has 2 aromatic carbocycles. The minimum absolute atomic E-state index is 0.177. The van der Waals surface area contributed by atoms with Crippen LogP contribution in [0.25, 0.3) is 0 Å². The zero-order valence-electron chi connectivity index (χ0n) is 9.77. The van der Waals surface area contributed by atoms with Crippen molar-refractivity contribution in [3.63, 3.8) is 0 Å². The molecule has 4 nitrogen and oxygen atoms in total. The van der Waals surface area contributed by atoms with E-state index >= 15 is 0 Å². The Morgan fingerprint density at radius 3 is 2.63 bits per heavy atom. The minimum Gasteiger partial charge on any atom is -0.380 e. The topological polar surface area (TPSA) is 55.2 Å². The highest BCUT2D eigenvalue weighted by Crippen LogP contribution is 2.24. The van der Waals surface area contributed by atoms with Crippen molar-refractivity contribution in [1.82, 2.24) is 0 Å². The number of hydrogen-bond donors (Lipinski definition) is 1. The predicted molar refractivity (Wildman–Crippen MR) is 74.5 cm³/mol. The van der Waals surface area contributed by atoms with Crippen LogP contribution in [-0.2, 0) is 6.54 Å². The summed E-state index contributed by atoms with van der Waals surface area (Å²) >= 11 is 3.36. The van der Waals surface area contributed by atoms with Crippen LogP contribution >= 0.6 is 15.9 Å². The molecule has 0 fully saturated rings.